The van der Waals surface area contributed by atoms with Crippen LogP contribution in [0.1, 0.15) is 76.9 Å². The molecule has 1 aromatic heterocycles. The lowest BCUT2D eigenvalue weighted by molar-refractivity contribution is -0.199. The molecular formula is C30H41BN4O4. The topological polar surface area (TPSA) is 102 Å². The fourth-order valence-corrected chi connectivity index (χ4v) is 7.06. The first-order valence-electron chi connectivity index (χ1n) is 14.2. The number of rotatable bonds is 9. The predicted molar refractivity (Wildman–Crippen MR) is 150 cm³/mol. The molecule has 6 atom stereocenters. The van der Waals surface area contributed by atoms with Crippen molar-refractivity contribution in [3.05, 3.63) is 60.2 Å². The Bertz CT molecular complexity index is 1200. The van der Waals surface area contributed by atoms with Crippen LogP contribution < -0.4 is 10.6 Å². The second kappa shape index (κ2) is 10.3. The molecule has 2 N–H and O–H groups in total. The zero-order valence-corrected chi connectivity index (χ0v) is 23.9. The third-order valence-corrected chi connectivity index (χ3v) is 9.43. The molecule has 0 spiro atoms. The van der Waals surface area contributed by atoms with E-state index in [0.29, 0.717) is 30.6 Å². The van der Waals surface area contributed by atoms with Gasteiger partial charge in [0, 0.05) is 18.8 Å². The summed E-state index contributed by atoms with van der Waals surface area (Å²) < 4.78 is 13.3. The first-order valence-corrected chi connectivity index (χ1v) is 14.2. The molecule has 3 aliphatic carbocycles. The van der Waals surface area contributed by atoms with Gasteiger partial charge in [0.15, 0.2) is 0 Å². The molecule has 6 rings (SSSR count). The van der Waals surface area contributed by atoms with Crippen LogP contribution in [0.3, 0.4) is 0 Å². The van der Waals surface area contributed by atoms with E-state index in [1.807, 2.05) is 30.3 Å². The zero-order valence-electron chi connectivity index (χ0n) is 23.9. The standard InChI is InChI=1S/C30H41BN4O4/c1-19(2)14-25(31-38-24-16-21-15-23(28(21,3)4)30(24,6)39-31)34-27(37)29(5,17-20-10-8-7-9-11-20)35-26(36)22-18-32-12-13-33-22/h7-13,18-19,21,23-25H,14-17H2,1-6H3,(H,34,37)(H,35,36)/t21-,23-,24+,25-,29-,30-/m0/s1. The minimum atomic E-state index is -1.25. The summed E-state index contributed by atoms with van der Waals surface area (Å²) in [5.74, 6) is 0.286. The van der Waals surface area contributed by atoms with Crippen LogP contribution in [0.4, 0.5) is 0 Å². The fourth-order valence-electron chi connectivity index (χ4n) is 7.06. The van der Waals surface area contributed by atoms with Crippen molar-refractivity contribution in [2.75, 3.05) is 0 Å². The number of carbonyl (C=O) groups excluding carboxylic acids is 2. The van der Waals surface area contributed by atoms with E-state index in [2.05, 4.69) is 55.2 Å². The molecule has 8 nitrogen and oxygen atoms in total. The Morgan fingerprint density at radius 3 is 2.54 bits per heavy atom. The third kappa shape index (κ3) is 5.23. The molecule has 4 aliphatic rings. The Morgan fingerprint density at radius 1 is 1.15 bits per heavy atom. The summed E-state index contributed by atoms with van der Waals surface area (Å²) in [5, 5.41) is 6.20. The third-order valence-electron chi connectivity index (χ3n) is 9.43. The van der Waals surface area contributed by atoms with Crippen LogP contribution in [-0.4, -0.2) is 52.1 Å². The molecule has 0 radical (unpaired) electrons. The van der Waals surface area contributed by atoms with Gasteiger partial charge in [0.2, 0.25) is 5.91 Å². The molecule has 2 aromatic rings. The number of hydrogen-bond acceptors (Lipinski definition) is 6. The number of hydrogen-bond donors (Lipinski definition) is 2. The van der Waals surface area contributed by atoms with E-state index < -0.39 is 18.6 Å². The monoisotopic (exact) mass is 532 g/mol. The summed E-state index contributed by atoms with van der Waals surface area (Å²) in [5.41, 5.74) is -0.284. The largest absolute Gasteiger partial charge is 0.481 e. The second-order valence-electron chi connectivity index (χ2n) is 13.1. The average Bonchev–Trinajstić information content (AvgIpc) is 3.26. The normalized spacial score (nSPS) is 29.1. The van der Waals surface area contributed by atoms with Crippen molar-refractivity contribution >= 4 is 18.9 Å². The van der Waals surface area contributed by atoms with Crippen LogP contribution in [0.25, 0.3) is 0 Å². The maximum Gasteiger partial charge on any atom is 0.481 e. The molecule has 2 amide bonds. The molecule has 1 aromatic carbocycles. The van der Waals surface area contributed by atoms with Gasteiger partial charge in [0.25, 0.3) is 5.91 Å². The highest BCUT2D eigenvalue weighted by molar-refractivity contribution is 6.48. The second-order valence-corrected chi connectivity index (χ2v) is 13.1. The molecule has 2 heterocycles. The van der Waals surface area contributed by atoms with Gasteiger partial charge in [-0.2, -0.15) is 0 Å². The quantitative estimate of drug-likeness (QED) is 0.474. The van der Waals surface area contributed by atoms with Gasteiger partial charge in [-0.15, -0.1) is 0 Å². The molecule has 39 heavy (non-hydrogen) atoms. The minimum absolute atomic E-state index is 0.0258. The van der Waals surface area contributed by atoms with Crippen molar-refractivity contribution in [1.82, 2.24) is 20.6 Å². The number of carbonyl (C=O) groups is 2. The number of nitrogens with one attached hydrogen (secondary N) is 2. The lowest BCUT2D eigenvalue weighted by Crippen LogP contribution is -2.65. The Labute approximate surface area is 232 Å². The van der Waals surface area contributed by atoms with Gasteiger partial charge in [0.1, 0.15) is 11.2 Å². The van der Waals surface area contributed by atoms with Crippen molar-refractivity contribution in [1.29, 1.82) is 0 Å². The van der Waals surface area contributed by atoms with Gasteiger partial charge in [-0.3, -0.25) is 14.6 Å². The highest BCUT2D eigenvalue weighted by Crippen LogP contribution is 2.65. The average molecular weight is 532 g/mol. The molecule has 2 bridgehead atoms. The molecule has 9 heteroatoms. The van der Waals surface area contributed by atoms with Gasteiger partial charge in [-0.25, -0.2) is 4.98 Å². The van der Waals surface area contributed by atoms with Crippen LogP contribution in [0, 0.1) is 23.2 Å². The Kier molecular flexibility index (Phi) is 7.35. The maximum atomic E-state index is 14.1. The molecule has 0 unspecified atom stereocenters. The Balaban J connectivity index is 1.38. The lowest BCUT2D eigenvalue weighted by atomic mass is 9.43. The number of benzene rings is 1. The summed E-state index contributed by atoms with van der Waals surface area (Å²) in [6.45, 7) is 12.9. The molecule has 1 saturated heterocycles. The van der Waals surface area contributed by atoms with E-state index >= 15 is 0 Å². The first kappa shape index (κ1) is 27.8. The molecule has 1 aliphatic heterocycles. The predicted octanol–water partition coefficient (Wildman–Crippen LogP) is 4.01. The minimum Gasteiger partial charge on any atom is -0.404 e. The number of nitrogens with zero attached hydrogens (tertiary/aromatic N) is 2. The highest BCUT2D eigenvalue weighted by Gasteiger charge is 2.68. The zero-order chi connectivity index (χ0) is 28.0. The summed E-state index contributed by atoms with van der Waals surface area (Å²) in [4.78, 5) is 35.3. The van der Waals surface area contributed by atoms with E-state index in [9.17, 15) is 9.59 Å². The Hall–Kier alpha value is -2.78. The van der Waals surface area contributed by atoms with Gasteiger partial charge in [0.05, 0.1) is 23.8 Å². The maximum absolute atomic E-state index is 14.1. The van der Waals surface area contributed by atoms with Crippen LogP contribution in [0.5, 0.6) is 0 Å². The van der Waals surface area contributed by atoms with Crippen LogP contribution in [-0.2, 0) is 20.5 Å². The molecule has 3 saturated carbocycles. The van der Waals surface area contributed by atoms with E-state index in [4.69, 9.17) is 9.31 Å². The van der Waals surface area contributed by atoms with Crippen molar-refractivity contribution in [2.45, 2.75) is 90.4 Å². The van der Waals surface area contributed by atoms with Crippen molar-refractivity contribution in [2.24, 2.45) is 23.2 Å². The van der Waals surface area contributed by atoms with Crippen LogP contribution in [0.2, 0.25) is 0 Å². The Morgan fingerprint density at radius 2 is 1.90 bits per heavy atom. The van der Waals surface area contributed by atoms with Gasteiger partial charge in [-0.05, 0) is 61.8 Å². The first-order chi connectivity index (χ1) is 18.4. The van der Waals surface area contributed by atoms with Gasteiger partial charge in [-0.1, -0.05) is 58.0 Å². The molecular weight excluding hydrogens is 491 g/mol. The molecule has 208 valence electrons. The summed E-state index contributed by atoms with van der Waals surface area (Å²) in [6.07, 6.45) is 7.54. The van der Waals surface area contributed by atoms with Gasteiger partial charge < -0.3 is 19.9 Å². The highest BCUT2D eigenvalue weighted by atomic mass is 16.7. The van der Waals surface area contributed by atoms with Crippen LogP contribution in [0.15, 0.2) is 48.9 Å². The summed E-state index contributed by atoms with van der Waals surface area (Å²) in [7, 11) is -0.543. The van der Waals surface area contributed by atoms with E-state index in [1.54, 1.807) is 6.92 Å². The number of amides is 2. The number of aromatic nitrogens is 2. The van der Waals surface area contributed by atoms with E-state index in [0.717, 1.165) is 12.0 Å². The van der Waals surface area contributed by atoms with Crippen molar-refractivity contribution < 1.29 is 18.9 Å². The lowest BCUT2D eigenvalue weighted by Gasteiger charge is -2.64. The van der Waals surface area contributed by atoms with Crippen molar-refractivity contribution in [3.63, 3.8) is 0 Å². The smallest absolute Gasteiger partial charge is 0.404 e. The fraction of sp³-hybridized carbons (Fsp3) is 0.600. The van der Waals surface area contributed by atoms with Crippen LogP contribution >= 0.6 is 0 Å². The summed E-state index contributed by atoms with van der Waals surface area (Å²) in [6, 6.07) is 9.69. The summed E-state index contributed by atoms with van der Waals surface area (Å²) >= 11 is 0. The van der Waals surface area contributed by atoms with Gasteiger partial charge >= 0.3 is 7.12 Å². The SMILES string of the molecule is CC(C)C[C@H](NC(=O)[C@](C)(Cc1ccccc1)NC(=O)c1cnccn1)B1O[C@@H]2C[C@@H]3C[C@@H](C3(C)C)[C@]2(C)O1. The van der Waals surface area contributed by atoms with E-state index in [-0.39, 0.29) is 34.7 Å². The van der Waals surface area contributed by atoms with E-state index in [1.165, 1.54) is 25.0 Å². The molecule has 4 fully saturated rings. The van der Waals surface area contributed by atoms with Crippen molar-refractivity contribution in [3.8, 4) is 0 Å².